The maximum atomic E-state index is 15.1. The van der Waals surface area contributed by atoms with Crippen LogP contribution in [0.25, 0.3) is 0 Å². The fraction of sp³-hybridized carbons (Fsp3) is 0.903. The molecule has 2 fully saturated rings. The van der Waals surface area contributed by atoms with Crippen molar-refractivity contribution in [1.29, 1.82) is 0 Å². The van der Waals surface area contributed by atoms with Crippen molar-refractivity contribution in [2.75, 3.05) is 13.2 Å². The molecule has 0 saturated carbocycles. The lowest BCUT2D eigenvalue weighted by Crippen LogP contribution is -2.66. The molecular weight excluding hydrogens is 1870 g/mol. The Kier molecular flexibility index (Phi) is 93.1. The molecule has 0 radical (unpaired) electrons. The number of carbonyl (C=O) groups excluding carboxylic acids is 5. The summed E-state index contributed by atoms with van der Waals surface area (Å²) in [5.74, 6) is -2.17. The molecule has 18 atom stereocenters. The second-order valence-corrected chi connectivity index (χ2v) is 48.9. The zero-order valence-corrected chi connectivity index (χ0v) is 102. The summed E-state index contributed by atoms with van der Waals surface area (Å²) in [5, 5.41) is 37.6. The number of rotatable bonds is 105. The number of carbonyl (C=O) groups is 5. The van der Waals surface area contributed by atoms with Crippen LogP contribution in [0.1, 0.15) is 657 Å². The molecule has 0 amide bonds. The van der Waals surface area contributed by atoms with E-state index in [1.165, 1.54) is 424 Å². The molecule has 16 nitrogen and oxygen atoms in total. The Morgan fingerprint density at radius 1 is 0.247 bits per heavy atom. The Labute approximate surface area is 927 Å². The number of allylic oxidation sites excluding steroid dienone is 4. The van der Waals surface area contributed by atoms with Gasteiger partial charge in [-0.2, -0.15) is 0 Å². The van der Waals surface area contributed by atoms with Crippen LogP contribution in [0, 0.1) is 47.3 Å². The Balaban J connectivity index is 2.69. The molecule has 0 aliphatic carbocycles. The van der Waals surface area contributed by atoms with Gasteiger partial charge in [0.2, 0.25) is 12.6 Å². The lowest BCUT2D eigenvalue weighted by Gasteiger charge is -2.47. The molecule has 3 N–H and O–H groups in total. The van der Waals surface area contributed by atoms with E-state index in [4.69, 9.17) is 37.9 Å². The van der Waals surface area contributed by atoms with Crippen LogP contribution in [0.4, 0.5) is 0 Å². The molecule has 0 aromatic rings. The molecule has 2 aliphatic heterocycles. The van der Waals surface area contributed by atoms with Gasteiger partial charge in [0.15, 0.2) is 24.4 Å². The normalized spacial score (nSPS) is 20.1. The molecule has 0 aromatic heterocycles. The lowest BCUT2D eigenvalue weighted by atomic mass is 9.91. The first-order valence-corrected chi connectivity index (χ1v) is 65.4. The maximum absolute atomic E-state index is 15.1. The van der Waals surface area contributed by atoms with E-state index in [-0.39, 0.29) is 41.2 Å². The van der Waals surface area contributed by atoms with E-state index in [0.717, 1.165) is 103 Å². The predicted octanol–water partition coefficient (Wildman–Crippen LogP) is 39.1. The van der Waals surface area contributed by atoms with Gasteiger partial charge in [-0.25, -0.2) is 19.2 Å². The zero-order valence-electron chi connectivity index (χ0n) is 102. The average Bonchev–Trinajstić information content (AvgIpc) is 0.768. The highest BCUT2D eigenvalue weighted by molar-refractivity contribution is 5.89. The zero-order chi connectivity index (χ0) is 110. The molecule has 2 saturated heterocycles. The predicted molar refractivity (Wildman–Crippen MR) is 633 cm³/mol. The van der Waals surface area contributed by atoms with Gasteiger partial charge in [0.1, 0.15) is 31.0 Å². The third kappa shape index (κ3) is 76.7. The van der Waals surface area contributed by atoms with Gasteiger partial charge in [0, 0.05) is 28.7 Å². The number of hydrogen-bond acceptors (Lipinski definition) is 16. The molecular formula is C134H248O16. The molecule has 4 unspecified atom stereocenters. The van der Waals surface area contributed by atoms with Crippen molar-refractivity contribution in [2.45, 2.75) is 718 Å². The monoisotopic (exact) mass is 2110 g/mol. The molecule has 0 bridgehead atoms. The van der Waals surface area contributed by atoms with Crippen molar-refractivity contribution in [2.24, 2.45) is 47.3 Å². The average molecular weight is 2120 g/mol. The summed E-state index contributed by atoms with van der Waals surface area (Å²) in [5.41, 5.74) is 1.18. The first kappa shape index (κ1) is 142. The second-order valence-electron chi connectivity index (χ2n) is 48.9. The fourth-order valence-electron chi connectivity index (χ4n) is 23.4. The van der Waals surface area contributed by atoms with Gasteiger partial charge in [0.05, 0.1) is 6.61 Å². The van der Waals surface area contributed by atoms with Crippen molar-refractivity contribution < 1.29 is 77.2 Å². The molecule has 0 aromatic carbocycles. The van der Waals surface area contributed by atoms with Crippen molar-refractivity contribution in [3.05, 3.63) is 46.6 Å². The summed E-state index contributed by atoms with van der Waals surface area (Å²) >= 11 is 0. The maximum Gasteiger partial charge on any atom is 0.333 e. The Morgan fingerprint density at radius 3 is 0.700 bits per heavy atom. The van der Waals surface area contributed by atoms with Gasteiger partial charge in [-0.05, 0) is 107 Å². The summed E-state index contributed by atoms with van der Waals surface area (Å²) in [7, 11) is 0. The smallest absolute Gasteiger partial charge is 0.333 e. The summed E-state index contributed by atoms with van der Waals surface area (Å²) in [6.07, 6.45) is 93.8. The number of aliphatic hydroxyl groups excluding tert-OH is 3. The van der Waals surface area contributed by atoms with Gasteiger partial charge >= 0.3 is 29.8 Å². The topological polar surface area (TPSA) is 220 Å². The Hall–Kier alpha value is -3.93. The van der Waals surface area contributed by atoms with Crippen LogP contribution in [0.5, 0.6) is 0 Å². The third-order valence-electron chi connectivity index (χ3n) is 32.8. The van der Waals surface area contributed by atoms with Crippen LogP contribution in [0.3, 0.4) is 0 Å². The van der Waals surface area contributed by atoms with E-state index >= 15 is 9.59 Å². The van der Waals surface area contributed by atoms with E-state index < -0.39 is 104 Å². The van der Waals surface area contributed by atoms with Crippen molar-refractivity contribution >= 4 is 29.8 Å². The molecule has 150 heavy (non-hydrogen) atoms. The van der Waals surface area contributed by atoms with Crippen molar-refractivity contribution in [3.8, 4) is 0 Å². The summed E-state index contributed by atoms with van der Waals surface area (Å²) < 4.78 is 52.3. The van der Waals surface area contributed by atoms with Crippen LogP contribution in [0.2, 0.25) is 0 Å². The standard InChI is InChI=1S/C134H248O16/c1-18-23-28-33-38-43-48-53-57-59-61-66-70-75-78-83-88-93-108(6)98-112(10)102-116(14)129(139)143-107-121-123(137)126(148-131(141)118(16)104-114(12)100-110(8)95-90-85-81-76-71-67-62-60-58-54-49-44-39-34-29-24-19-2)128(146-122(136)97-92-87-82-77-72-63-52-47-42-37-32-27-22-5)134(145-121)150-133-127(149-132(142)119(17)105-115(13)101-111(9)96-91-86-80-74-69-65-56-51-46-41-36-31-26-21-4)124(138)125(120(106-135)144-133)147-130(140)117(15)103-113(11)99-109(7)94-89-84-79-73-68-64-55-50-45-40-35-30-25-20-3/h102-105,108-115,120-121,123-128,133-135,137-138H,18-101,106-107H2,1-17H3/b116-102+,117-103+,118-104+,119-105+/t108-,109-,110-,111-,112-,113-,114-,115-,120?,121?,123+,124?,125+,126?,127-,128+,133+,134+/m0/s1. The molecule has 880 valence electrons. The van der Waals surface area contributed by atoms with E-state index in [1.807, 2.05) is 24.3 Å². The fourth-order valence-corrected chi connectivity index (χ4v) is 23.4. The summed E-state index contributed by atoms with van der Waals surface area (Å²) in [4.78, 5) is 74.2. The third-order valence-corrected chi connectivity index (χ3v) is 32.8. The van der Waals surface area contributed by atoms with Crippen LogP contribution in [-0.4, -0.2) is 120 Å². The van der Waals surface area contributed by atoms with Gasteiger partial charge in [-0.3, -0.25) is 4.79 Å². The number of hydrogen-bond donors (Lipinski definition) is 3. The number of unbranched alkanes of at least 4 members (excludes halogenated alkanes) is 70. The van der Waals surface area contributed by atoms with Gasteiger partial charge < -0.3 is 53.2 Å². The minimum atomic E-state index is -1.92. The lowest BCUT2D eigenvalue weighted by molar-refractivity contribution is -0.377. The number of ether oxygens (including phenoxy) is 8. The highest BCUT2D eigenvalue weighted by atomic mass is 16.8. The van der Waals surface area contributed by atoms with Gasteiger partial charge in [-0.1, -0.05) is 615 Å². The summed E-state index contributed by atoms with van der Waals surface area (Å²) in [6.45, 7) is 34.2. The minimum Gasteiger partial charge on any atom is -0.459 e. The number of aliphatic hydroxyl groups is 3. The van der Waals surface area contributed by atoms with Gasteiger partial charge in [0.25, 0.3) is 0 Å². The largest absolute Gasteiger partial charge is 0.459 e. The van der Waals surface area contributed by atoms with Crippen molar-refractivity contribution in [1.82, 2.24) is 0 Å². The quantitative estimate of drug-likeness (QED) is 0.0223. The molecule has 2 aliphatic rings. The second kappa shape index (κ2) is 98.2. The summed E-state index contributed by atoms with van der Waals surface area (Å²) in [6, 6.07) is 0. The van der Waals surface area contributed by atoms with Crippen LogP contribution in [-0.2, 0) is 61.9 Å². The van der Waals surface area contributed by atoms with Gasteiger partial charge in [-0.15, -0.1) is 0 Å². The van der Waals surface area contributed by atoms with Crippen molar-refractivity contribution in [3.63, 3.8) is 0 Å². The van der Waals surface area contributed by atoms with E-state index in [1.54, 1.807) is 27.7 Å². The van der Waals surface area contributed by atoms with E-state index in [0.29, 0.717) is 41.2 Å². The first-order valence-electron chi connectivity index (χ1n) is 65.4. The highest BCUT2D eigenvalue weighted by Crippen LogP contribution is 2.38. The highest BCUT2D eigenvalue weighted by Gasteiger charge is 2.56. The molecule has 0 spiro atoms. The Morgan fingerprint density at radius 2 is 0.453 bits per heavy atom. The molecule has 2 rings (SSSR count). The molecule has 16 heteroatoms. The number of esters is 5. The van der Waals surface area contributed by atoms with Crippen LogP contribution < -0.4 is 0 Å². The van der Waals surface area contributed by atoms with E-state index in [9.17, 15) is 29.7 Å². The minimum absolute atomic E-state index is 0.00141. The van der Waals surface area contributed by atoms with Crippen LogP contribution in [0.15, 0.2) is 46.6 Å². The van der Waals surface area contributed by atoms with E-state index in [2.05, 4.69) is 90.0 Å². The molecule has 2 heterocycles. The first-order chi connectivity index (χ1) is 72.7. The SMILES string of the molecule is CCCCCCCCCCCCCCCCCCC[C@H](C)C[C@H](C)/C=C(\C)C(=O)OCC1O[C@H](O[C@H]2OC(CO)[C@@H](OC(=O)/C(C)=C/[C@@H](C)C[C@@H](C)CCCCCCCCCCCCCCCC)C(O)[C@@H]2OC(=O)/C(C)=C/[C@@H](C)C[C@@H](C)CCCCCCCCCCCCCCCC)[C@H](OC(=O)CCCCCCCCCCCCCCC)C(OC(=O)/C(C)=C/[C@@H](C)C[C@@H](C)CCCCCCCCCCCCCCCCCCC)[C@@H]1O. The van der Waals surface area contributed by atoms with Crippen LogP contribution >= 0.6 is 0 Å². The Bertz CT molecular complexity index is 3270.